The number of nitrogens with zero attached hydrogens (tertiary/aromatic N) is 3. The predicted octanol–water partition coefficient (Wildman–Crippen LogP) is 1.28. The molecule has 2 aromatic rings. The molecule has 1 atom stereocenters. The van der Waals surface area contributed by atoms with Crippen LogP contribution < -0.4 is 5.32 Å². The Kier molecular flexibility index (Phi) is 3.79. The van der Waals surface area contributed by atoms with Gasteiger partial charge in [-0.15, -0.1) is 5.10 Å². The van der Waals surface area contributed by atoms with Gasteiger partial charge < -0.3 is 10.1 Å². The minimum atomic E-state index is -0.810. The highest BCUT2D eigenvalue weighted by Crippen LogP contribution is 2.19. The number of hydrogen-bond donors (Lipinski definition) is 1. The van der Waals surface area contributed by atoms with Crippen LogP contribution in [0.3, 0.4) is 0 Å². The van der Waals surface area contributed by atoms with Crippen molar-refractivity contribution in [3.05, 3.63) is 23.8 Å². The summed E-state index contributed by atoms with van der Waals surface area (Å²) in [5.74, 6) is -0.791. The fraction of sp³-hybridized carbons (Fsp3) is 0.467. The lowest BCUT2D eigenvalue weighted by Gasteiger charge is -2.13. The molecule has 0 saturated heterocycles. The van der Waals surface area contributed by atoms with Crippen LogP contribution in [0.5, 0.6) is 0 Å². The van der Waals surface area contributed by atoms with Gasteiger partial charge in [0.15, 0.2) is 6.10 Å². The number of amides is 1. The van der Waals surface area contributed by atoms with E-state index in [0.717, 1.165) is 18.4 Å². The number of carbonyl (C=O) groups is 2. The highest BCUT2D eigenvalue weighted by atomic mass is 16.5. The van der Waals surface area contributed by atoms with E-state index < -0.39 is 12.1 Å². The largest absolute Gasteiger partial charge is 0.449 e. The minimum absolute atomic E-state index is 0.245. The number of fused-ring (bicyclic) bond motifs is 1. The number of aryl methyl sites for hydroxylation is 1. The molecule has 0 bridgehead atoms. The second-order valence-corrected chi connectivity index (χ2v) is 5.44. The lowest BCUT2D eigenvalue weighted by molar-refractivity contribution is -0.129. The molecule has 1 aromatic heterocycles. The Morgan fingerprint density at radius 3 is 2.91 bits per heavy atom. The van der Waals surface area contributed by atoms with E-state index in [9.17, 15) is 9.59 Å². The molecule has 0 unspecified atom stereocenters. The number of hydrogen-bond acceptors (Lipinski definition) is 5. The normalized spacial score (nSPS) is 15.5. The second-order valence-electron chi connectivity index (χ2n) is 5.44. The standard InChI is InChI=1S/C15H18N4O3/c1-3-19-13-7-4-10(8-12(13)17-18-19)15(21)22-9(2)14(20)16-11-5-6-11/h4,7-9,11H,3,5-6H2,1-2H3,(H,16,20)/t9-/m1/s1. The van der Waals surface area contributed by atoms with Gasteiger partial charge >= 0.3 is 5.97 Å². The molecular formula is C15H18N4O3. The molecule has 0 aliphatic heterocycles. The molecule has 0 spiro atoms. The molecule has 7 nitrogen and oxygen atoms in total. The highest BCUT2D eigenvalue weighted by Gasteiger charge is 2.27. The Balaban J connectivity index is 1.69. The van der Waals surface area contributed by atoms with Crippen molar-refractivity contribution >= 4 is 22.9 Å². The summed E-state index contributed by atoms with van der Waals surface area (Å²) >= 11 is 0. The predicted molar refractivity (Wildman–Crippen MR) is 79.2 cm³/mol. The molecule has 7 heteroatoms. The minimum Gasteiger partial charge on any atom is -0.449 e. The lowest BCUT2D eigenvalue weighted by Crippen LogP contribution is -2.37. The third-order valence-corrected chi connectivity index (χ3v) is 3.63. The lowest BCUT2D eigenvalue weighted by atomic mass is 10.2. The van der Waals surface area contributed by atoms with Crippen LogP contribution in [-0.4, -0.2) is 39.0 Å². The Bertz CT molecular complexity index is 721. The molecule has 0 radical (unpaired) electrons. The van der Waals surface area contributed by atoms with E-state index in [1.165, 1.54) is 0 Å². The first-order chi connectivity index (χ1) is 10.6. The summed E-state index contributed by atoms with van der Waals surface area (Å²) in [5.41, 5.74) is 1.85. The van der Waals surface area contributed by atoms with Crippen LogP contribution in [0.2, 0.25) is 0 Å². The average molecular weight is 302 g/mol. The number of ether oxygens (including phenoxy) is 1. The first-order valence-electron chi connectivity index (χ1n) is 7.43. The molecule has 1 aliphatic rings. The molecule has 1 N–H and O–H groups in total. The van der Waals surface area contributed by atoms with E-state index in [0.29, 0.717) is 17.6 Å². The molecule has 3 rings (SSSR count). The van der Waals surface area contributed by atoms with E-state index in [2.05, 4.69) is 15.6 Å². The smallest absolute Gasteiger partial charge is 0.338 e. The van der Waals surface area contributed by atoms with Crippen molar-refractivity contribution in [3.63, 3.8) is 0 Å². The first kappa shape index (κ1) is 14.5. The van der Waals surface area contributed by atoms with Gasteiger partial charge in [-0.25, -0.2) is 9.48 Å². The van der Waals surface area contributed by atoms with Gasteiger partial charge in [0.1, 0.15) is 5.52 Å². The number of aromatic nitrogens is 3. The maximum atomic E-state index is 12.1. The highest BCUT2D eigenvalue weighted by molar-refractivity contribution is 5.95. The van der Waals surface area contributed by atoms with Crippen LogP contribution in [0.1, 0.15) is 37.0 Å². The average Bonchev–Trinajstić information content (AvgIpc) is 3.23. The summed E-state index contributed by atoms with van der Waals surface area (Å²) in [5, 5.41) is 10.8. The fourth-order valence-electron chi connectivity index (χ4n) is 2.16. The Hall–Kier alpha value is -2.44. The van der Waals surface area contributed by atoms with Gasteiger partial charge in [0.05, 0.1) is 11.1 Å². The van der Waals surface area contributed by atoms with E-state index >= 15 is 0 Å². The van der Waals surface area contributed by atoms with Crippen molar-refractivity contribution < 1.29 is 14.3 Å². The molecule has 1 saturated carbocycles. The van der Waals surface area contributed by atoms with E-state index in [4.69, 9.17) is 4.74 Å². The zero-order valence-electron chi connectivity index (χ0n) is 12.6. The number of nitrogens with one attached hydrogen (secondary N) is 1. The zero-order chi connectivity index (χ0) is 15.7. The van der Waals surface area contributed by atoms with Gasteiger partial charge in [0.2, 0.25) is 0 Å². The van der Waals surface area contributed by atoms with Crippen LogP contribution >= 0.6 is 0 Å². The van der Waals surface area contributed by atoms with Gasteiger partial charge in [0, 0.05) is 12.6 Å². The van der Waals surface area contributed by atoms with Crippen molar-refractivity contribution in [3.8, 4) is 0 Å². The summed E-state index contributed by atoms with van der Waals surface area (Å²) in [6.45, 7) is 4.25. The maximum Gasteiger partial charge on any atom is 0.338 e. The SMILES string of the molecule is CCn1nnc2cc(C(=O)O[C@H](C)C(=O)NC3CC3)ccc21. The molecule has 1 aromatic carbocycles. The van der Waals surface area contributed by atoms with Gasteiger partial charge in [-0.05, 0) is 44.9 Å². The van der Waals surface area contributed by atoms with Gasteiger partial charge in [-0.1, -0.05) is 5.21 Å². The van der Waals surface area contributed by atoms with Crippen molar-refractivity contribution in [1.82, 2.24) is 20.3 Å². The molecule has 1 aliphatic carbocycles. The van der Waals surface area contributed by atoms with Crippen LogP contribution in [0, 0.1) is 0 Å². The van der Waals surface area contributed by atoms with E-state index in [-0.39, 0.29) is 11.9 Å². The number of esters is 1. The second kappa shape index (κ2) is 5.75. The topological polar surface area (TPSA) is 86.1 Å². The fourth-order valence-corrected chi connectivity index (χ4v) is 2.16. The number of benzene rings is 1. The van der Waals surface area contributed by atoms with Gasteiger partial charge in [-0.3, -0.25) is 4.79 Å². The quantitative estimate of drug-likeness (QED) is 0.841. The van der Waals surface area contributed by atoms with Crippen molar-refractivity contribution in [2.45, 2.75) is 45.4 Å². The molecule has 1 amide bonds. The van der Waals surface area contributed by atoms with Crippen LogP contribution in [0.15, 0.2) is 18.2 Å². The molecule has 22 heavy (non-hydrogen) atoms. The third kappa shape index (κ3) is 2.93. The van der Waals surface area contributed by atoms with Crippen LogP contribution in [-0.2, 0) is 16.1 Å². The molecular weight excluding hydrogens is 284 g/mol. The van der Waals surface area contributed by atoms with E-state index in [1.54, 1.807) is 29.8 Å². The van der Waals surface area contributed by atoms with Crippen molar-refractivity contribution in [2.75, 3.05) is 0 Å². The van der Waals surface area contributed by atoms with Gasteiger partial charge in [0.25, 0.3) is 5.91 Å². The van der Waals surface area contributed by atoms with E-state index in [1.807, 2.05) is 6.92 Å². The maximum absolute atomic E-state index is 12.1. The number of carbonyl (C=O) groups excluding carboxylic acids is 2. The summed E-state index contributed by atoms with van der Waals surface area (Å²) in [4.78, 5) is 23.9. The zero-order valence-corrected chi connectivity index (χ0v) is 12.6. The molecule has 1 heterocycles. The Labute approximate surface area is 127 Å². The van der Waals surface area contributed by atoms with Crippen molar-refractivity contribution in [1.29, 1.82) is 0 Å². The third-order valence-electron chi connectivity index (χ3n) is 3.63. The Morgan fingerprint density at radius 2 is 2.23 bits per heavy atom. The summed E-state index contributed by atoms with van der Waals surface area (Å²) in [6, 6.07) is 5.31. The molecule has 116 valence electrons. The summed E-state index contributed by atoms with van der Waals surface area (Å²) < 4.78 is 6.95. The molecule has 1 fully saturated rings. The first-order valence-corrected chi connectivity index (χ1v) is 7.43. The Morgan fingerprint density at radius 1 is 1.45 bits per heavy atom. The van der Waals surface area contributed by atoms with Crippen LogP contribution in [0.4, 0.5) is 0 Å². The monoisotopic (exact) mass is 302 g/mol. The summed E-state index contributed by atoms with van der Waals surface area (Å²) in [7, 11) is 0. The van der Waals surface area contributed by atoms with Crippen molar-refractivity contribution in [2.24, 2.45) is 0 Å². The van der Waals surface area contributed by atoms with Crippen LogP contribution in [0.25, 0.3) is 11.0 Å². The number of rotatable bonds is 5. The summed E-state index contributed by atoms with van der Waals surface area (Å²) in [6.07, 6.45) is 1.18. The van der Waals surface area contributed by atoms with Gasteiger partial charge in [-0.2, -0.15) is 0 Å².